The molecule has 0 amide bonds. The zero-order chi connectivity index (χ0) is 60.7. The van der Waals surface area contributed by atoms with Crippen molar-refractivity contribution in [2.24, 2.45) is 68.5 Å². The molecule has 2 heterocycles. The minimum atomic E-state index is -0.842. The molecular formula is C76H144O14. The van der Waals surface area contributed by atoms with Crippen LogP contribution in [0.15, 0.2) is 0 Å². The maximum atomic E-state index is 12.9. The summed E-state index contributed by atoms with van der Waals surface area (Å²) >= 11 is 0. The third-order valence-electron chi connectivity index (χ3n) is 23.3. The average Bonchev–Trinajstić information content (AvgIpc) is 0.881. The van der Waals surface area contributed by atoms with E-state index in [2.05, 4.69) is 27.7 Å². The summed E-state index contributed by atoms with van der Waals surface area (Å²) < 4.78 is 34.2. The van der Waals surface area contributed by atoms with Crippen molar-refractivity contribution < 1.29 is 67.4 Å². The van der Waals surface area contributed by atoms with Crippen molar-refractivity contribution in [3.63, 3.8) is 0 Å². The molecule has 2 aliphatic heterocycles. The fraction of sp³-hybridized carbons (Fsp3) is 0.921. The second-order valence-electron chi connectivity index (χ2n) is 31.2. The van der Waals surface area contributed by atoms with Gasteiger partial charge >= 0.3 is 35.8 Å². The van der Waals surface area contributed by atoms with Crippen molar-refractivity contribution in [2.45, 2.75) is 377 Å². The topological polar surface area (TPSA) is 198 Å². The van der Waals surface area contributed by atoms with Crippen molar-refractivity contribution >= 4 is 35.8 Å². The number of hydrogen-bond acceptors (Lipinski definition) is 14. The van der Waals surface area contributed by atoms with Gasteiger partial charge in [-0.25, -0.2) is 4.79 Å². The van der Waals surface area contributed by atoms with E-state index in [4.69, 9.17) is 28.4 Å². The van der Waals surface area contributed by atoms with E-state index in [-0.39, 0.29) is 141 Å². The SMILES string of the molecule is C.C.C.C.C.C.C.C.CCC(C)(C)C(=O)OC(CC)(CC)C12CC3CC(CC(C3)C1)C2.CCC(C)(C)C(=O)OC12CC3CC(O)(CC(O)(C3)C1)C2.CCC(C)(C)C(=O)OCC(=O)OC1C2CC3CC(C2)C(=O)OC1C3.CCC1(OC(=O)C(C)(C)CC)CCCC1. The molecule has 11 aliphatic carbocycles. The van der Waals surface area contributed by atoms with Gasteiger partial charge in [0.25, 0.3) is 0 Å². The number of fused-ring (bicyclic) bond motifs is 1. The average molecular weight is 1280 g/mol. The number of hydrogen-bond donors (Lipinski definition) is 2. The van der Waals surface area contributed by atoms with Crippen molar-refractivity contribution in [3.05, 3.63) is 0 Å². The Bertz CT molecular complexity index is 2230. The maximum absolute atomic E-state index is 12.9. The highest BCUT2D eigenvalue weighted by molar-refractivity contribution is 5.80. The van der Waals surface area contributed by atoms with Gasteiger partial charge in [0.1, 0.15) is 29.0 Å². The lowest BCUT2D eigenvalue weighted by atomic mass is 9.44. The van der Waals surface area contributed by atoms with E-state index in [9.17, 15) is 39.0 Å². The van der Waals surface area contributed by atoms with Crippen molar-refractivity contribution in [1.29, 1.82) is 0 Å². The second kappa shape index (κ2) is 33.4. The van der Waals surface area contributed by atoms with Gasteiger partial charge in [-0.2, -0.15) is 0 Å². The highest BCUT2D eigenvalue weighted by atomic mass is 16.6. The Hall–Kier alpha value is -3.26. The fourth-order valence-corrected chi connectivity index (χ4v) is 17.3. The molecule has 13 fully saturated rings. The minimum Gasteiger partial charge on any atom is -0.459 e. The third-order valence-corrected chi connectivity index (χ3v) is 23.3. The molecule has 532 valence electrons. The number of carbonyl (C=O) groups is 6. The number of rotatable bonds is 18. The van der Waals surface area contributed by atoms with Gasteiger partial charge in [0, 0.05) is 30.6 Å². The molecule has 90 heavy (non-hydrogen) atoms. The molecule has 0 aromatic rings. The Kier molecular flexibility index (Phi) is 33.0. The van der Waals surface area contributed by atoms with E-state index in [0.29, 0.717) is 31.6 Å². The zero-order valence-electron chi connectivity index (χ0n) is 53.8. The first-order chi connectivity index (χ1) is 38.1. The molecule has 0 spiro atoms. The van der Waals surface area contributed by atoms with E-state index >= 15 is 0 Å². The molecule has 11 saturated carbocycles. The molecule has 14 heteroatoms. The smallest absolute Gasteiger partial charge is 0.344 e. The van der Waals surface area contributed by atoms with E-state index in [0.717, 1.165) is 114 Å². The van der Waals surface area contributed by atoms with Crippen LogP contribution in [0.25, 0.3) is 0 Å². The maximum Gasteiger partial charge on any atom is 0.344 e. The molecule has 12 bridgehead atoms. The summed E-state index contributed by atoms with van der Waals surface area (Å²) in [6.07, 6.45) is 25.0. The van der Waals surface area contributed by atoms with Gasteiger partial charge in [0.05, 0.1) is 38.8 Å². The molecule has 7 atom stereocenters. The summed E-state index contributed by atoms with van der Waals surface area (Å²) in [5, 5.41) is 21.3. The van der Waals surface area contributed by atoms with E-state index in [1.54, 1.807) is 13.8 Å². The first kappa shape index (κ1) is 88.8. The Morgan fingerprint density at radius 2 is 0.944 bits per heavy atom. The Morgan fingerprint density at radius 1 is 0.500 bits per heavy atom. The lowest BCUT2D eigenvalue weighted by molar-refractivity contribution is -0.264. The van der Waals surface area contributed by atoms with E-state index in [1.165, 1.54) is 51.4 Å². The van der Waals surface area contributed by atoms with Crippen LogP contribution in [0.3, 0.4) is 0 Å². The summed E-state index contributed by atoms with van der Waals surface area (Å²) in [6, 6.07) is 0. The lowest BCUT2D eigenvalue weighted by Crippen LogP contribution is -2.67. The van der Waals surface area contributed by atoms with Crippen LogP contribution in [0.2, 0.25) is 0 Å². The predicted molar refractivity (Wildman–Crippen MR) is 367 cm³/mol. The quantitative estimate of drug-likeness (QED) is 0.0970. The highest BCUT2D eigenvalue weighted by Gasteiger charge is 2.65. The van der Waals surface area contributed by atoms with Crippen LogP contribution in [0.4, 0.5) is 0 Å². The molecule has 0 aromatic carbocycles. The van der Waals surface area contributed by atoms with Crippen LogP contribution in [-0.4, -0.2) is 92.8 Å². The van der Waals surface area contributed by atoms with Gasteiger partial charge in [-0.15, -0.1) is 0 Å². The lowest BCUT2D eigenvalue weighted by Gasteiger charge is -2.63. The number of aliphatic hydroxyl groups is 2. The highest BCUT2D eigenvalue weighted by Crippen LogP contribution is 2.66. The number of ether oxygens (including phenoxy) is 6. The summed E-state index contributed by atoms with van der Waals surface area (Å²) in [6.45, 7) is 29.5. The molecule has 13 aliphatic rings. The van der Waals surface area contributed by atoms with Gasteiger partial charge in [-0.3, -0.25) is 24.0 Å². The van der Waals surface area contributed by atoms with Crippen molar-refractivity contribution in [2.75, 3.05) is 6.61 Å². The molecular weight excluding hydrogens is 1140 g/mol. The van der Waals surface area contributed by atoms with Crippen LogP contribution in [0, 0.1) is 68.5 Å². The summed E-state index contributed by atoms with van der Waals surface area (Å²) in [5.74, 6) is 2.27. The van der Waals surface area contributed by atoms with Gasteiger partial charge in [-0.05, 0) is 239 Å². The number of carbonyl (C=O) groups excluding carboxylic acids is 6. The summed E-state index contributed by atoms with van der Waals surface area (Å²) in [7, 11) is 0. The predicted octanol–water partition coefficient (Wildman–Crippen LogP) is 18.9. The van der Waals surface area contributed by atoms with Crippen molar-refractivity contribution in [3.8, 4) is 0 Å². The molecule has 2 saturated heterocycles. The summed E-state index contributed by atoms with van der Waals surface area (Å²) in [4.78, 5) is 73.4. The molecule has 2 N–H and O–H groups in total. The van der Waals surface area contributed by atoms with Gasteiger partial charge in [0.15, 0.2) is 6.61 Å². The van der Waals surface area contributed by atoms with Crippen LogP contribution in [0.5, 0.6) is 0 Å². The normalized spacial score (nSPS) is 32.2. The molecule has 0 aromatic heterocycles. The fourth-order valence-electron chi connectivity index (χ4n) is 17.3. The largest absolute Gasteiger partial charge is 0.459 e. The van der Waals surface area contributed by atoms with E-state index in [1.807, 2.05) is 62.3 Å². The van der Waals surface area contributed by atoms with Crippen LogP contribution >= 0.6 is 0 Å². The molecule has 0 radical (unpaired) electrons. The first-order valence-electron chi connectivity index (χ1n) is 32.9. The van der Waals surface area contributed by atoms with Crippen LogP contribution in [-0.2, 0) is 57.2 Å². The second-order valence-corrected chi connectivity index (χ2v) is 31.2. The Balaban J connectivity index is 0. The number of esters is 6. The van der Waals surface area contributed by atoms with Crippen molar-refractivity contribution in [1.82, 2.24) is 0 Å². The van der Waals surface area contributed by atoms with Gasteiger partial charge in [0.2, 0.25) is 0 Å². The summed E-state index contributed by atoms with van der Waals surface area (Å²) in [5.41, 5.74) is -4.24. The Labute approximate surface area is 552 Å². The minimum absolute atomic E-state index is 0. The Morgan fingerprint density at radius 3 is 1.38 bits per heavy atom. The third kappa shape index (κ3) is 19.2. The van der Waals surface area contributed by atoms with Crippen LogP contribution < -0.4 is 0 Å². The molecule has 7 unspecified atom stereocenters. The first-order valence-corrected chi connectivity index (χ1v) is 32.9. The van der Waals surface area contributed by atoms with Gasteiger partial charge < -0.3 is 38.6 Å². The molecule has 13 rings (SSSR count). The van der Waals surface area contributed by atoms with Crippen LogP contribution in [0.1, 0.15) is 337 Å². The molecule has 14 nitrogen and oxygen atoms in total. The monoisotopic (exact) mass is 1280 g/mol. The zero-order valence-corrected chi connectivity index (χ0v) is 53.8. The van der Waals surface area contributed by atoms with E-state index < -0.39 is 45.7 Å². The van der Waals surface area contributed by atoms with Gasteiger partial charge in [-0.1, -0.05) is 108 Å². The standard InChI is InChI=1S/C21H36O2.C18H26O6.C16H26O4.C13H24O2.8CH4/c1-6-19(4,5)18(22)23-21(7-2,8-3)20-12-15-9-16(13-20)11-17(10-15)14-20;1-4-18(2,3)17(21)22-9-14(19)24-15-11-5-10-6-12(8-11)16(20)23-13(15)7-10;1-4-13(2,3)12(17)20-16-7-11-5-14(18,9-16)8-15(19,6-11)10-16;1-5-12(3,4)11(14)15-13(6-2)9-7-8-10-13;;;;;;;;/h15-17H,6-14H2,1-5H3;10-13,15H,4-9H2,1-3H3;11,18-19H,4-10H2,1-3H3;5-10H2,1-4H3;8*1H4.